The van der Waals surface area contributed by atoms with E-state index in [0.29, 0.717) is 12.5 Å². The molecule has 0 aromatic heterocycles. The third kappa shape index (κ3) is 3.01. The van der Waals surface area contributed by atoms with Crippen LogP contribution in [0.3, 0.4) is 0 Å². The molecule has 1 aromatic rings. The van der Waals surface area contributed by atoms with E-state index < -0.39 is 0 Å². The highest BCUT2D eigenvalue weighted by Crippen LogP contribution is 2.33. The normalized spacial score (nSPS) is 25.2. The fraction of sp³-hybridized carbons (Fsp3) is 0.562. The van der Waals surface area contributed by atoms with Gasteiger partial charge in [0.05, 0.1) is 6.04 Å². The predicted molar refractivity (Wildman–Crippen MR) is 84.1 cm³/mol. The standard InChI is InChI=1S/C16H22N2OS/c1-11-3-2-4-14-13(11)5-6-15(14)18-16(19)9-12-10-20-8-7-17-12/h2-4,12,15,17H,5-10H2,1H3,(H,18,19)/t12-,15+/m1/s1. The fourth-order valence-electron chi connectivity index (χ4n) is 3.21. The van der Waals surface area contributed by atoms with Crippen LogP contribution in [0.5, 0.6) is 0 Å². The number of amides is 1. The first-order valence-corrected chi connectivity index (χ1v) is 8.58. The molecule has 108 valence electrons. The first-order chi connectivity index (χ1) is 9.74. The van der Waals surface area contributed by atoms with Crippen LogP contribution >= 0.6 is 11.8 Å². The van der Waals surface area contributed by atoms with Gasteiger partial charge in [0, 0.05) is 30.5 Å². The first-order valence-electron chi connectivity index (χ1n) is 7.43. The number of nitrogens with one attached hydrogen (secondary N) is 2. The number of benzene rings is 1. The molecular weight excluding hydrogens is 268 g/mol. The number of thioether (sulfide) groups is 1. The summed E-state index contributed by atoms with van der Waals surface area (Å²) in [5.41, 5.74) is 4.11. The van der Waals surface area contributed by atoms with E-state index in [-0.39, 0.29) is 11.9 Å². The lowest BCUT2D eigenvalue weighted by Crippen LogP contribution is -2.41. The third-order valence-electron chi connectivity index (χ3n) is 4.27. The lowest BCUT2D eigenvalue weighted by molar-refractivity contribution is -0.122. The van der Waals surface area contributed by atoms with Crippen LogP contribution in [0.4, 0.5) is 0 Å². The minimum absolute atomic E-state index is 0.185. The quantitative estimate of drug-likeness (QED) is 0.896. The molecule has 1 saturated heterocycles. The monoisotopic (exact) mass is 290 g/mol. The molecule has 2 N–H and O–H groups in total. The molecule has 20 heavy (non-hydrogen) atoms. The van der Waals surface area contributed by atoms with Crippen molar-refractivity contribution in [2.24, 2.45) is 0 Å². The van der Waals surface area contributed by atoms with Gasteiger partial charge in [-0.3, -0.25) is 4.79 Å². The summed E-state index contributed by atoms with van der Waals surface area (Å²) in [5, 5.41) is 6.64. The summed E-state index contributed by atoms with van der Waals surface area (Å²) >= 11 is 1.94. The highest BCUT2D eigenvalue weighted by atomic mass is 32.2. The molecule has 0 spiro atoms. The summed E-state index contributed by atoms with van der Waals surface area (Å²) in [7, 11) is 0. The molecule has 0 radical (unpaired) electrons. The minimum Gasteiger partial charge on any atom is -0.349 e. The number of aryl methyl sites for hydroxylation is 1. The first kappa shape index (κ1) is 14.0. The topological polar surface area (TPSA) is 41.1 Å². The van der Waals surface area contributed by atoms with Crippen LogP contribution in [0.2, 0.25) is 0 Å². The van der Waals surface area contributed by atoms with Crippen molar-refractivity contribution in [1.29, 1.82) is 0 Å². The Morgan fingerprint density at radius 3 is 3.20 bits per heavy atom. The Morgan fingerprint density at radius 1 is 1.50 bits per heavy atom. The third-order valence-corrected chi connectivity index (χ3v) is 5.40. The maximum Gasteiger partial charge on any atom is 0.222 e. The van der Waals surface area contributed by atoms with Crippen LogP contribution in [0.25, 0.3) is 0 Å². The van der Waals surface area contributed by atoms with Crippen LogP contribution in [0.15, 0.2) is 18.2 Å². The van der Waals surface area contributed by atoms with E-state index in [1.807, 2.05) is 11.8 Å². The van der Waals surface area contributed by atoms with Crippen molar-refractivity contribution in [3.05, 3.63) is 34.9 Å². The molecule has 1 heterocycles. The van der Waals surface area contributed by atoms with Gasteiger partial charge in [0.25, 0.3) is 0 Å². The molecule has 4 heteroatoms. The molecule has 0 unspecified atom stereocenters. The number of hydrogen-bond acceptors (Lipinski definition) is 3. The smallest absolute Gasteiger partial charge is 0.222 e. The maximum atomic E-state index is 12.2. The number of carbonyl (C=O) groups is 1. The van der Waals surface area contributed by atoms with E-state index >= 15 is 0 Å². The molecule has 0 bridgehead atoms. The Bertz CT molecular complexity index is 497. The number of hydrogen-bond donors (Lipinski definition) is 2. The Balaban J connectivity index is 1.59. The van der Waals surface area contributed by atoms with Gasteiger partial charge < -0.3 is 10.6 Å². The second kappa shape index (κ2) is 6.19. The fourth-order valence-corrected chi connectivity index (χ4v) is 4.16. The lowest BCUT2D eigenvalue weighted by atomic mass is 10.0. The molecular formula is C16H22N2OS. The summed E-state index contributed by atoms with van der Waals surface area (Å²) in [6.45, 7) is 3.18. The van der Waals surface area contributed by atoms with Crippen LogP contribution in [0, 0.1) is 6.92 Å². The van der Waals surface area contributed by atoms with E-state index in [9.17, 15) is 4.79 Å². The second-order valence-electron chi connectivity index (χ2n) is 5.73. The van der Waals surface area contributed by atoms with Crippen molar-refractivity contribution >= 4 is 17.7 Å². The Kier molecular flexibility index (Phi) is 4.32. The van der Waals surface area contributed by atoms with Gasteiger partial charge >= 0.3 is 0 Å². The Labute approximate surface area is 124 Å². The summed E-state index contributed by atoms with van der Waals surface area (Å²) in [4.78, 5) is 12.2. The van der Waals surface area contributed by atoms with Crippen molar-refractivity contribution in [1.82, 2.24) is 10.6 Å². The molecule has 3 nitrogen and oxygen atoms in total. The van der Waals surface area contributed by atoms with Gasteiger partial charge in [-0.25, -0.2) is 0 Å². The molecule has 1 aliphatic heterocycles. The average molecular weight is 290 g/mol. The molecule has 0 saturated carbocycles. The molecule has 2 atom stereocenters. The summed E-state index contributed by atoms with van der Waals surface area (Å²) < 4.78 is 0. The van der Waals surface area contributed by atoms with Crippen molar-refractivity contribution in [2.75, 3.05) is 18.1 Å². The summed E-state index contributed by atoms with van der Waals surface area (Å²) in [6, 6.07) is 6.97. The molecule has 1 amide bonds. The Hall–Kier alpha value is -1.000. The van der Waals surface area contributed by atoms with Crippen LogP contribution in [-0.2, 0) is 11.2 Å². The van der Waals surface area contributed by atoms with Gasteiger partial charge in [0.2, 0.25) is 5.91 Å². The van der Waals surface area contributed by atoms with Crippen LogP contribution in [0.1, 0.15) is 35.6 Å². The molecule has 1 aliphatic carbocycles. The van der Waals surface area contributed by atoms with Crippen molar-refractivity contribution in [3.63, 3.8) is 0 Å². The average Bonchev–Trinajstić information content (AvgIpc) is 2.84. The second-order valence-corrected chi connectivity index (χ2v) is 6.88. The maximum absolute atomic E-state index is 12.2. The van der Waals surface area contributed by atoms with E-state index in [2.05, 4.69) is 35.8 Å². The van der Waals surface area contributed by atoms with Gasteiger partial charge in [-0.15, -0.1) is 0 Å². The number of carbonyl (C=O) groups excluding carboxylic acids is 1. The van der Waals surface area contributed by atoms with Crippen LogP contribution in [-0.4, -0.2) is 30.0 Å². The van der Waals surface area contributed by atoms with E-state index in [1.165, 1.54) is 16.7 Å². The highest BCUT2D eigenvalue weighted by molar-refractivity contribution is 7.99. The largest absolute Gasteiger partial charge is 0.349 e. The zero-order valence-corrected chi connectivity index (χ0v) is 12.8. The predicted octanol–water partition coefficient (Wildman–Crippen LogP) is 2.19. The van der Waals surface area contributed by atoms with E-state index in [4.69, 9.17) is 0 Å². The number of fused-ring (bicyclic) bond motifs is 1. The zero-order valence-electron chi connectivity index (χ0n) is 11.9. The lowest BCUT2D eigenvalue weighted by Gasteiger charge is -2.23. The van der Waals surface area contributed by atoms with E-state index in [0.717, 1.165) is 30.9 Å². The summed E-state index contributed by atoms with van der Waals surface area (Å²) in [5.74, 6) is 2.39. The summed E-state index contributed by atoms with van der Waals surface area (Å²) in [6.07, 6.45) is 2.73. The van der Waals surface area contributed by atoms with E-state index in [1.54, 1.807) is 0 Å². The number of rotatable bonds is 3. The van der Waals surface area contributed by atoms with Gasteiger partial charge in [-0.05, 0) is 36.5 Å². The van der Waals surface area contributed by atoms with Crippen molar-refractivity contribution in [2.45, 2.75) is 38.3 Å². The van der Waals surface area contributed by atoms with Gasteiger partial charge in [0.1, 0.15) is 0 Å². The molecule has 1 fully saturated rings. The SMILES string of the molecule is Cc1cccc2c1CC[C@@H]2NC(=O)C[C@@H]1CSCCN1. The molecule has 1 aromatic carbocycles. The van der Waals surface area contributed by atoms with Crippen molar-refractivity contribution in [3.8, 4) is 0 Å². The molecule has 2 aliphatic rings. The van der Waals surface area contributed by atoms with Crippen molar-refractivity contribution < 1.29 is 4.79 Å². The van der Waals surface area contributed by atoms with Gasteiger partial charge in [-0.1, -0.05) is 18.2 Å². The minimum atomic E-state index is 0.185. The molecule has 3 rings (SSSR count). The Morgan fingerprint density at radius 2 is 2.40 bits per heavy atom. The van der Waals surface area contributed by atoms with Crippen LogP contribution < -0.4 is 10.6 Å². The van der Waals surface area contributed by atoms with Gasteiger partial charge in [-0.2, -0.15) is 11.8 Å². The zero-order chi connectivity index (χ0) is 13.9. The highest BCUT2D eigenvalue weighted by Gasteiger charge is 2.26. The van der Waals surface area contributed by atoms with Gasteiger partial charge in [0.15, 0.2) is 0 Å².